The van der Waals surface area contributed by atoms with Crippen molar-refractivity contribution >= 4 is 5.91 Å². The molecule has 2 unspecified atom stereocenters. The molecule has 0 aliphatic carbocycles. The van der Waals surface area contributed by atoms with E-state index in [0.717, 1.165) is 25.0 Å². The van der Waals surface area contributed by atoms with E-state index >= 15 is 0 Å². The molecular weight excluding hydrogens is 238 g/mol. The zero-order valence-electron chi connectivity index (χ0n) is 12.0. The SMILES string of the molecule is C=CCNC(=O)C(C)N1CCC(C2CCCN2)CC1. The van der Waals surface area contributed by atoms with E-state index in [4.69, 9.17) is 0 Å². The lowest BCUT2D eigenvalue weighted by molar-refractivity contribution is -0.126. The Balaban J connectivity index is 1.75. The first kappa shape index (κ1) is 14.5. The molecule has 1 amide bonds. The zero-order valence-corrected chi connectivity index (χ0v) is 12.0. The van der Waals surface area contributed by atoms with Crippen molar-refractivity contribution in [1.82, 2.24) is 15.5 Å². The molecule has 0 spiro atoms. The molecule has 108 valence electrons. The molecule has 2 rings (SSSR count). The molecular formula is C15H27N3O. The number of likely N-dealkylation sites (tertiary alicyclic amines) is 1. The first-order valence-corrected chi connectivity index (χ1v) is 7.58. The Labute approximate surface area is 116 Å². The Kier molecular flexibility index (Phi) is 5.40. The van der Waals surface area contributed by atoms with Gasteiger partial charge in [-0.2, -0.15) is 0 Å². The van der Waals surface area contributed by atoms with Crippen molar-refractivity contribution < 1.29 is 4.79 Å². The summed E-state index contributed by atoms with van der Waals surface area (Å²) >= 11 is 0. The van der Waals surface area contributed by atoms with E-state index in [1.165, 1.54) is 32.2 Å². The quantitative estimate of drug-likeness (QED) is 0.733. The van der Waals surface area contributed by atoms with E-state index < -0.39 is 0 Å². The van der Waals surface area contributed by atoms with Crippen LogP contribution in [0.2, 0.25) is 0 Å². The number of carbonyl (C=O) groups is 1. The Morgan fingerprint density at radius 1 is 1.47 bits per heavy atom. The zero-order chi connectivity index (χ0) is 13.7. The van der Waals surface area contributed by atoms with Crippen LogP contribution in [0, 0.1) is 5.92 Å². The lowest BCUT2D eigenvalue weighted by Gasteiger charge is -2.37. The molecule has 0 saturated carbocycles. The van der Waals surface area contributed by atoms with Crippen LogP contribution in [0.25, 0.3) is 0 Å². The molecule has 2 fully saturated rings. The van der Waals surface area contributed by atoms with Gasteiger partial charge in [-0.05, 0) is 58.2 Å². The van der Waals surface area contributed by atoms with Gasteiger partial charge in [0.25, 0.3) is 0 Å². The van der Waals surface area contributed by atoms with Crippen LogP contribution in [0.1, 0.15) is 32.6 Å². The molecule has 0 aromatic carbocycles. The molecule has 0 bridgehead atoms. The fraction of sp³-hybridized carbons (Fsp3) is 0.800. The van der Waals surface area contributed by atoms with Crippen LogP contribution in [0.3, 0.4) is 0 Å². The van der Waals surface area contributed by atoms with Crippen molar-refractivity contribution in [1.29, 1.82) is 0 Å². The minimum atomic E-state index is -0.0163. The lowest BCUT2D eigenvalue weighted by atomic mass is 9.88. The van der Waals surface area contributed by atoms with Crippen LogP contribution in [0.15, 0.2) is 12.7 Å². The highest BCUT2D eigenvalue weighted by molar-refractivity contribution is 5.81. The van der Waals surface area contributed by atoms with Gasteiger partial charge >= 0.3 is 0 Å². The topological polar surface area (TPSA) is 44.4 Å². The second-order valence-corrected chi connectivity index (χ2v) is 5.79. The van der Waals surface area contributed by atoms with Crippen molar-refractivity contribution in [3.63, 3.8) is 0 Å². The van der Waals surface area contributed by atoms with Gasteiger partial charge in [0.15, 0.2) is 0 Å². The van der Waals surface area contributed by atoms with Gasteiger partial charge in [-0.3, -0.25) is 9.69 Å². The summed E-state index contributed by atoms with van der Waals surface area (Å²) < 4.78 is 0. The summed E-state index contributed by atoms with van der Waals surface area (Å²) in [4.78, 5) is 14.2. The van der Waals surface area contributed by atoms with Crippen LogP contribution in [0.4, 0.5) is 0 Å². The van der Waals surface area contributed by atoms with Crippen molar-refractivity contribution in [2.24, 2.45) is 5.92 Å². The third-order valence-corrected chi connectivity index (χ3v) is 4.59. The number of carbonyl (C=O) groups excluding carboxylic acids is 1. The van der Waals surface area contributed by atoms with Crippen LogP contribution < -0.4 is 10.6 Å². The fourth-order valence-corrected chi connectivity index (χ4v) is 3.31. The largest absolute Gasteiger partial charge is 0.351 e. The third-order valence-electron chi connectivity index (χ3n) is 4.59. The maximum Gasteiger partial charge on any atom is 0.237 e. The van der Waals surface area contributed by atoms with E-state index in [9.17, 15) is 4.79 Å². The van der Waals surface area contributed by atoms with E-state index in [0.29, 0.717) is 6.54 Å². The predicted octanol–water partition coefficient (Wildman–Crippen LogP) is 1.14. The summed E-state index contributed by atoms with van der Waals surface area (Å²) in [7, 11) is 0. The maximum atomic E-state index is 11.9. The molecule has 0 radical (unpaired) electrons. The molecule has 2 aliphatic heterocycles. The van der Waals surface area contributed by atoms with Gasteiger partial charge in [0.05, 0.1) is 6.04 Å². The maximum absolute atomic E-state index is 11.9. The Hall–Kier alpha value is -0.870. The summed E-state index contributed by atoms with van der Waals surface area (Å²) in [6.45, 7) is 9.47. The highest BCUT2D eigenvalue weighted by Crippen LogP contribution is 2.26. The van der Waals surface area contributed by atoms with Crippen molar-refractivity contribution in [2.75, 3.05) is 26.2 Å². The number of nitrogens with zero attached hydrogens (tertiary/aromatic N) is 1. The van der Waals surface area contributed by atoms with Crippen LogP contribution in [-0.4, -0.2) is 49.1 Å². The molecule has 2 saturated heterocycles. The van der Waals surface area contributed by atoms with Gasteiger partial charge in [0.2, 0.25) is 5.91 Å². The number of hydrogen-bond donors (Lipinski definition) is 2. The monoisotopic (exact) mass is 265 g/mol. The van der Waals surface area contributed by atoms with Gasteiger partial charge in [-0.15, -0.1) is 6.58 Å². The highest BCUT2D eigenvalue weighted by atomic mass is 16.2. The van der Waals surface area contributed by atoms with Gasteiger partial charge in [0, 0.05) is 12.6 Å². The van der Waals surface area contributed by atoms with E-state index in [1.54, 1.807) is 6.08 Å². The normalized spacial score (nSPS) is 27.1. The smallest absolute Gasteiger partial charge is 0.237 e. The van der Waals surface area contributed by atoms with Gasteiger partial charge in [-0.25, -0.2) is 0 Å². The summed E-state index contributed by atoms with van der Waals surface area (Å²) in [5.74, 6) is 0.930. The van der Waals surface area contributed by atoms with Crippen LogP contribution in [0.5, 0.6) is 0 Å². The molecule has 4 nitrogen and oxygen atoms in total. The fourth-order valence-electron chi connectivity index (χ4n) is 3.31. The average Bonchev–Trinajstić information content (AvgIpc) is 2.98. The number of rotatable bonds is 5. The summed E-state index contributed by atoms with van der Waals surface area (Å²) in [5, 5.41) is 6.50. The molecule has 2 atom stereocenters. The van der Waals surface area contributed by atoms with Gasteiger partial charge in [0.1, 0.15) is 0 Å². The highest BCUT2D eigenvalue weighted by Gasteiger charge is 2.31. The van der Waals surface area contributed by atoms with Crippen molar-refractivity contribution in [3.05, 3.63) is 12.7 Å². The van der Waals surface area contributed by atoms with Gasteiger partial charge < -0.3 is 10.6 Å². The molecule has 4 heteroatoms. The molecule has 2 heterocycles. The first-order valence-electron chi connectivity index (χ1n) is 7.58. The number of hydrogen-bond acceptors (Lipinski definition) is 3. The Morgan fingerprint density at radius 2 is 2.21 bits per heavy atom. The Morgan fingerprint density at radius 3 is 2.79 bits per heavy atom. The van der Waals surface area contributed by atoms with E-state index in [1.807, 2.05) is 6.92 Å². The second kappa shape index (κ2) is 7.06. The number of piperidine rings is 1. The molecule has 2 aliphatic rings. The number of amides is 1. The molecule has 19 heavy (non-hydrogen) atoms. The van der Waals surface area contributed by atoms with Crippen molar-refractivity contribution in [2.45, 2.75) is 44.7 Å². The third kappa shape index (κ3) is 3.80. The van der Waals surface area contributed by atoms with Crippen LogP contribution in [-0.2, 0) is 4.79 Å². The van der Waals surface area contributed by atoms with E-state index in [-0.39, 0.29) is 11.9 Å². The van der Waals surface area contributed by atoms with Crippen molar-refractivity contribution in [3.8, 4) is 0 Å². The van der Waals surface area contributed by atoms with E-state index in [2.05, 4.69) is 22.1 Å². The first-order chi connectivity index (χ1) is 9.22. The second-order valence-electron chi connectivity index (χ2n) is 5.79. The van der Waals surface area contributed by atoms with Crippen LogP contribution >= 0.6 is 0 Å². The molecule has 0 aromatic heterocycles. The van der Waals surface area contributed by atoms with Gasteiger partial charge in [-0.1, -0.05) is 6.08 Å². The molecule has 2 N–H and O–H groups in total. The average molecular weight is 265 g/mol. The predicted molar refractivity (Wildman–Crippen MR) is 78.0 cm³/mol. The summed E-state index contributed by atoms with van der Waals surface area (Å²) in [5.41, 5.74) is 0. The summed E-state index contributed by atoms with van der Waals surface area (Å²) in [6, 6.07) is 0.712. The summed E-state index contributed by atoms with van der Waals surface area (Å²) in [6.07, 6.45) is 6.82. The molecule has 0 aromatic rings. The standard InChI is InChI=1S/C15H27N3O/c1-3-8-17-15(19)12(2)18-10-6-13(7-11-18)14-5-4-9-16-14/h3,12-14,16H,1,4-11H2,2H3,(H,17,19). The number of nitrogens with one attached hydrogen (secondary N) is 2. The Bertz CT molecular complexity index is 305. The lowest BCUT2D eigenvalue weighted by Crippen LogP contribution is -2.50. The minimum absolute atomic E-state index is 0.0163. The minimum Gasteiger partial charge on any atom is -0.351 e.